The maximum Gasteiger partial charge on any atom is 0.183 e. The molecule has 1 heterocycles. The molecule has 0 atom stereocenters. The molecule has 3 heteroatoms. The van der Waals surface area contributed by atoms with Crippen LogP contribution in [0.1, 0.15) is 81.6 Å². The first-order chi connectivity index (χ1) is 13.3. The molecule has 146 valence electrons. The van der Waals surface area contributed by atoms with Crippen molar-refractivity contribution >= 4 is 5.78 Å². The second-order valence-electron chi connectivity index (χ2n) is 6.51. The zero-order valence-electron chi connectivity index (χ0n) is 16.7. The van der Waals surface area contributed by atoms with Gasteiger partial charge >= 0.3 is 0 Å². The summed E-state index contributed by atoms with van der Waals surface area (Å²) >= 11 is 0. The number of unbranched alkanes of at least 4 members (excludes halogenated alkanes) is 4. The number of aromatic nitrogens is 2. The van der Waals surface area contributed by atoms with E-state index in [1.807, 2.05) is 0 Å². The lowest BCUT2D eigenvalue weighted by molar-refractivity contribution is 0.0974. The highest BCUT2D eigenvalue weighted by molar-refractivity contribution is 5.93. The van der Waals surface area contributed by atoms with Gasteiger partial charge in [0.2, 0.25) is 0 Å². The van der Waals surface area contributed by atoms with Crippen molar-refractivity contribution in [3.8, 4) is 0 Å². The third-order valence-corrected chi connectivity index (χ3v) is 4.09. The summed E-state index contributed by atoms with van der Waals surface area (Å²) in [6.07, 6.45) is 29.7. The van der Waals surface area contributed by atoms with E-state index >= 15 is 0 Å². The van der Waals surface area contributed by atoms with E-state index in [0.717, 1.165) is 32.1 Å². The number of hydrogen-bond donors (Lipinski definition) is 0. The van der Waals surface area contributed by atoms with Crippen molar-refractivity contribution in [1.29, 1.82) is 0 Å². The van der Waals surface area contributed by atoms with E-state index in [2.05, 4.69) is 65.7 Å². The second-order valence-corrected chi connectivity index (χ2v) is 6.51. The van der Waals surface area contributed by atoms with Crippen molar-refractivity contribution in [3.05, 3.63) is 72.6 Å². The average Bonchev–Trinajstić information content (AvgIpc) is 2.70. The molecule has 27 heavy (non-hydrogen) atoms. The summed E-state index contributed by atoms with van der Waals surface area (Å²) in [7, 11) is 0. The summed E-state index contributed by atoms with van der Waals surface area (Å²) < 4.78 is 0. The zero-order valence-corrected chi connectivity index (χ0v) is 16.7. The van der Waals surface area contributed by atoms with Crippen molar-refractivity contribution in [2.24, 2.45) is 0 Å². The predicted molar refractivity (Wildman–Crippen MR) is 115 cm³/mol. The Balaban J connectivity index is 1.97. The molecule has 0 radical (unpaired) electrons. The Morgan fingerprint density at radius 2 is 1.44 bits per heavy atom. The average molecular weight is 367 g/mol. The largest absolute Gasteiger partial charge is 0.292 e. The van der Waals surface area contributed by atoms with Crippen LogP contribution < -0.4 is 0 Å². The Hall–Kier alpha value is -2.29. The molecule has 0 aliphatic carbocycles. The Morgan fingerprint density at radius 1 is 0.852 bits per heavy atom. The first kappa shape index (κ1) is 22.8. The lowest BCUT2D eigenvalue weighted by Crippen LogP contribution is -2.02. The third-order valence-electron chi connectivity index (χ3n) is 4.09. The minimum absolute atomic E-state index is 0.0685. The SMILES string of the molecule is CCCCC/C=C\C/C=C\C/C=C\C/C=C\CCCC(=O)c1cccnn1. The number of ketones is 1. The fourth-order valence-corrected chi connectivity index (χ4v) is 2.52. The molecular weight excluding hydrogens is 332 g/mol. The summed E-state index contributed by atoms with van der Waals surface area (Å²) in [5.74, 6) is 0.0685. The van der Waals surface area contributed by atoms with Crippen LogP contribution in [0.15, 0.2) is 66.9 Å². The minimum atomic E-state index is 0.0685. The van der Waals surface area contributed by atoms with E-state index in [-0.39, 0.29) is 5.78 Å². The van der Waals surface area contributed by atoms with E-state index in [9.17, 15) is 4.79 Å². The number of Topliss-reactive ketones (excluding diaryl/α,β-unsaturated/α-hetero) is 1. The highest BCUT2D eigenvalue weighted by atomic mass is 16.1. The van der Waals surface area contributed by atoms with Crippen molar-refractivity contribution in [1.82, 2.24) is 10.2 Å². The number of carbonyl (C=O) groups is 1. The predicted octanol–water partition coefficient (Wildman–Crippen LogP) is 6.81. The Bertz CT molecular complexity index is 600. The molecule has 0 fully saturated rings. The Kier molecular flexibility index (Phi) is 14.4. The Morgan fingerprint density at radius 3 is 2.00 bits per heavy atom. The summed E-state index contributed by atoms with van der Waals surface area (Å²) in [4.78, 5) is 11.9. The highest BCUT2D eigenvalue weighted by Crippen LogP contribution is 2.05. The van der Waals surface area contributed by atoms with Crippen molar-refractivity contribution in [2.45, 2.75) is 71.1 Å². The van der Waals surface area contributed by atoms with Crippen LogP contribution in [0.4, 0.5) is 0 Å². The minimum Gasteiger partial charge on any atom is -0.292 e. The number of nitrogens with zero attached hydrogens (tertiary/aromatic N) is 2. The van der Waals surface area contributed by atoms with Gasteiger partial charge in [0.1, 0.15) is 5.69 Å². The summed E-state index contributed by atoms with van der Waals surface area (Å²) in [5, 5.41) is 7.57. The maximum absolute atomic E-state index is 11.9. The standard InChI is InChI=1S/C24H34N2O/c1-2-3-4-5-6-7-8-9-10-11-12-13-14-15-16-17-18-21-24(27)23-20-19-22-25-26-23/h6-7,9-10,12-13,15-16,19-20,22H,2-5,8,11,14,17-18,21H2,1H3/b7-6-,10-9-,13-12-,16-15-. The van der Waals surface area contributed by atoms with Gasteiger partial charge < -0.3 is 0 Å². The van der Waals surface area contributed by atoms with E-state index in [1.165, 1.54) is 25.7 Å². The molecule has 0 N–H and O–H groups in total. The molecule has 0 aromatic carbocycles. The first-order valence-corrected chi connectivity index (χ1v) is 10.3. The van der Waals surface area contributed by atoms with Gasteiger partial charge in [-0.15, -0.1) is 5.10 Å². The molecule has 0 saturated heterocycles. The highest BCUT2D eigenvalue weighted by Gasteiger charge is 2.05. The van der Waals surface area contributed by atoms with E-state index in [1.54, 1.807) is 18.3 Å². The van der Waals surface area contributed by atoms with Gasteiger partial charge in [-0.05, 0) is 57.1 Å². The van der Waals surface area contributed by atoms with Crippen LogP contribution in [0, 0.1) is 0 Å². The first-order valence-electron chi connectivity index (χ1n) is 10.3. The number of rotatable bonds is 15. The molecule has 1 rings (SSSR count). The number of hydrogen-bond acceptors (Lipinski definition) is 3. The van der Waals surface area contributed by atoms with Gasteiger partial charge in [-0.3, -0.25) is 4.79 Å². The van der Waals surface area contributed by atoms with Crippen LogP contribution >= 0.6 is 0 Å². The van der Waals surface area contributed by atoms with Crippen LogP contribution in [0.25, 0.3) is 0 Å². The Labute approximate surface area is 165 Å². The van der Waals surface area contributed by atoms with Crippen molar-refractivity contribution in [3.63, 3.8) is 0 Å². The quantitative estimate of drug-likeness (QED) is 0.195. The van der Waals surface area contributed by atoms with Gasteiger partial charge in [0, 0.05) is 12.6 Å². The maximum atomic E-state index is 11.9. The molecule has 0 spiro atoms. The van der Waals surface area contributed by atoms with Gasteiger partial charge in [0.25, 0.3) is 0 Å². The van der Waals surface area contributed by atoms with Crippen molar-refractivity contribution in [2.75, 3.05) is 0 Å². The van der Waals surface area contributed by atoms with Gasteiger partial charge in [-0.2, -0.15) is 5.10 Å². The fourth-order valence-electron chi connectivity index (χ4n) is 2.52. The van der Waals surface area contributed by atoms with Crippen LogP contribution in [-0.4, -0.2) is 16.0 Å². The summed E-state index contributed by atoms with van der Waals surface area (Å²) in [5.41, 5.74) is 0.462. The smallest absolute Gasteiger partial charge is 0.183 e. The molecule has 3 nitrogen and oxygen atoms in total. The second kappa shape index (κ2) is 17.1. The topological polar surface area (TPSA) is 42.9 Å². The molecule has 0 bridgehead atoms. The van der Waals surface area contributed by atoms with Gasteiger partial charge in [0.15, 0.2) is 5.78 Å². The molecule has 0 amide bonds. The van der Waals surface area contributed by atoms with Crippen LogP contribution in [0.5, 0.6) is 0 Å². The summed E-state index contributed by atoms with van der Waals surface area (Å²) in [6.45, 7) is 2.24. The molecule has 0 aliphatic heterocycles. The zero-order chi connectivity index (χ0) is 19.4. The third kappa shape index (κ3) is 13.6. The molecular formula is C24H34N2O. The van der Waals surface area contributed by atoms with Gasteiger partial charge in [0.05, 0.1) is 0 Å². The normalized spacial score (nSPS) is 12.2. The number of carbonyl (C=O) groups excluding carboxylic acids is 1. The molecule has 0 aliphatic rings. The van der Waals surface area contributed by atoms with Gasteiger partial charge in [-0.1, -0.05) is 68.4 Å². The lowest BCUT2D eigenvalue weighted by Gasteiger charge is -1.97. The number of allylic oxidation sites excluding steroid dienone is 8. The van der Waals surface area contributed by atoms with E-state index < -0.39 is 0 Å². The molecule has 1 aromatic rings. The molecule has 1 aromatic heterocycles. The van der Waals surface area contributed by atoms with Crippen LogP contribution in [0.2, 0.25) is 0 Å². The van der Waals surface area contributed by atoms with E-state index in [0.29, 0.717) is 12.1 Å². The molecule has 0 saturated carbocycles. The monoisotopic (exact) mass is 366 g/mol. The molecule has 0 unspecified atom stereocenters. The summed E-state index contributed by atoms with van der Waals surface area (Å²) in [6, 6.07) is 3.46. The van der Waals surface area contributed by atoms with Crippen LogP contribution in [-0.2, 0) is 0 Å². The van der Waals surface area contributed by atoms with Crippen LogP contribution in [0.3, 0.4) is 0 Å². The van der Waals surface area contributed by atoms with Crippen molar-refractivity contribution < 1.29 is 4.79 Å². The van der Waals surface area contributed by atoms with Gasteiger partial charge in [-0.25, -0.2) is 0 Å². The fraction of sp³-hybridized carbons (Fsp3) is 0.458. The lowest BCUT2D eigenvalue weighted by atomic mass is 10.1. The van der Waals surface area contributed by atoms with E-state index in [4.69, 9.17) is 0 Å².